The third-order valence-electron chi connectivity index (χ3n) is 4.45. The van der Waals surface area contributed by atoms with E-state index in [9.17, 15) is 4.79 Å². The van der Waals surface area contributed by atoms with E-state index in [-0.39, 0.29) is 5.91 Å². The molecule has 3 rings (SSSR count). The van der Waals surface area contributed by atoms with Gasteiger partial charge in [-0.3, -0.25) is 4.79 Å². The van der Waals surface area contributed by atoms with Crippen molar-refractivity contribution in [3.05, 3.63) is 28.5 Å². The molecule has 2 aromatic heterocycles. The number of imidazole rings is 1. The monoisotopic (exact) mass is 417 g/mol. The average Bonchev–Trinajstić information content (AvgIpc) is 2.90. The smallest absolute Gasteiger partial charge is 0.219 e. The predicted octanol–water partition coefficient (Wildman–Crippen LogP) is 3.95. The molecule has 0 aliphatic carbocycles. The summed E-state index contributed by atoms with van der Waals surface area (Å²) in [6.45, 7) is 9.80. The van der Waals surface area contributed by atoms with E-state index in [1.807, 2.05) is 25.1 Å². The number of pyridine rings is 1. The number of nitrogen functional groups attached to an aromatic ring is 1. The van der Waals surface area contributed by atoms with Crippen LogP contribution in [0.15, 0.2) is 22.7 Å². The van der Waals surface area contributed by atoms with Crippen LogP contribution in [0.25, 0.3) is 21.9 Å². The van der Waals surface area contributed by atoms with Gasteiger partial charge in [0.05, 0.1) is 17.6 Å². The lowest BCUT2D eigenvalue weighted by Crippen LogP contribution is -2.29. The molecule has 26 heavy (non-hydrogen) atoms. The van der Waals surface area contributed by atoms with E-state index in [1.54, 1.807) is 11.8 Å². The van der Waals surface area contributed by atoms with Crippen molar-refractivity contribution in [3.8, 4) is 0 Å². The molecular formula is C19H24BrN5O. The Hall–Kier alpha value is -2.15. The topological polar surface area (TPSA) is 77.0 Å². The molecule has 0 aliphatic heterocycles. The molecule has 6 nitrogen and oxygen atoms in total. The molecule has 0 unspecified atom stereocenters. The van der Waals surface area contributed by atoms with Gasteiger partial charge in [-0.2, -0.15) is 0 Å². The fourth-order valence-corrected chi connectivity index (χ4v) is 3.58. The molecule has 0 spiro atoms. The largest absolute Gasteiger partial charge is 0.382 e. The van der Waals surface area contributed by atoms with Crippen molar-refractivity contribution in [2.45, 2.75) is 40.8 Å². The number of carbonyl (C=O) groups excluding carboxylic acids is 1. The lowest BCUT2D eigenvalue weighted by molar-refractivity contribution is -0.129. The molecule has 7 heteroatoms. The zero-order valence-electron chi connectivity index (χ0n) is 15.6. The van der Waals surface area contributed by atoms with E-state index >= 15 is 0 Å². The molecule has 0 aliphatic rings. The number of aromatic nitrogens is 3. The number of fused-ring (bicyclic) bond motifs is 3. The highest BCUT2D eigenvalue weighted by Crippen LogP contribution is 2.31. The molecule has 138 valence electrons. The minimum atomic E-state index is 0.0375. The van der Waals surface area contributed by atoms with E-state index in [4.69, 9.17) is 10.7 Å². The first-order valence-electron chi connectivity index (χ1n) is 8.81. The summed E-state index contributed by atoms with van der Waals surface area (Å²) in [6.07, 6.45) is 0. The van der Waals surface area contributed by atoms with E-state index < -0.39 is 0 Å². The summed E-state index contributed by atoms with van der Waals surface area (Å²) in [5.74, 6) is 1.73. The predicted molar refractivity (Wildman–Crippen MR) is 109 cm³/mol. The van der Waals surface area contributed by atoms with Crippen molar-refractivity contribution >= 4 is 49.6 Å². The van der Waals surface area contributed by atoms with Gasteiger partial charge in [0.15, 0.2) is 5.82 Å². The van der Waals surface area contributed by atoms with Crippen molar-refractivity contribution in [1.82, 2.24) is 19.4 Å². The molecule has 0 fully saturated rings. The maximum atomic E-state index is 11.9. The first-order chi connectivity index (χ1) is 12.3. The Bertz CT molecular complexity index is 979. The van der Waals surface area contributed by atoms with Crippen LogP contribution in [0, 0.1) is 5.92 Å². The van der Waals surface area contributed by atoms with Crippen LogP contribution >= 0.6 is 15.9 Å². The van der Waals surface area contributed by atoms with Gasteiger partial charge in [-0.1, -0.05) is 29.8 Å². The number of carbonyl (C=O) groups is 1. The fourth-order valence-electron chi connectivity index (χ4n) is 3.23. The third kappa shape index (κ3) is 3.40. The van der Waals surface area contributed by atoms with Gasteiger partial charge >= 0.3 is 0 Å². The number of nitrogens with two attached hydrogens (primary N) is 1. The van der Waals surface area contributed by atoms with Gasteiger partial charge in [-0.15, -0.1) is 0 Å². The zero-order chi connectivity index (χ0) is 19.0. The number of benzene rings is 1. The Morgan fingerprint density at radius 1 is 1.35 bits per heavy atom. The Balaban J connectivity index is 2.29. The number of amides is 1. The SMILES string of the molecule is CCN(Cc1nc2c(N)nc3cc(Br)ccc3c2n1CC(C)C)C(C)=O. The minimum Gasteiger partial charge on any atom is -0.382 e. The van der Waals surface area contributed by atoms with Crippen molar-refractivity contribution < 1.29 is 4.79 Å². The summed E-state index contributed by atoms with van der Waals surface area (Å²) in [5.41, 5.74) is 8.75. The van der Waals surface area contributed by atoms with Gasteiger partial charge in [-0.05, 0) is 31.0 Å². The number of rotatable bonds is 5. The average molecular weight is 418 g/mol. The Morgan fingerprint density at radius 3 is 2.69 bits per heavy atom. The standard InChI is InChI=1S/C19H24BrN5O/c1-5-24(12(4)26)10-16-23-17-18(25(16)9-11(2)3)14-7-6-13(20)8-15(14)22-19(17)21/h6-8,11H,5,9-10H2,1-4H3,(H2,21,22). The van der Waals surface area contributed by atoms with E-state index in [0.717, 1.165) is 33.3 Å². The van der Waals surface area contributed by atoms with Crippen LogP contribution in [0.2, 0.25) is 0 Å². The molecule has 0 radical (unpaired) electrons. The molecule has 0 atom stereocenters. The zero-order valence-corrected chi connectivity index (χ0v) is 17.2. The minimum absolute atomic E-state index is 0.0375. The Labute approximate surface area is 161 Å². The van der Waals surface area contributed by atoms with Crippen LogP contribution < -0.4 is 5.73 Å². The summed E-state index contributed by atoms with van der Waals surface area (Å²) in [6, 6.07) is 6.00. The van der Waals surface area contributed by atoms with E-state index in [1.165, 1.54) is 0 Å². The van der Waals surface area contributed by atoms with Crippen LogP contribution in [0.4, 0.5) is 5.82 Å². The highest BCUT2D eigenvalue weighted by atomic mass is 79.9. The second-order valence-corrected chi connectivity index (χ2v) is 7.84. The summed E-state index contributed by atoms with van der Waals surface area (Å²) >= 11 is 3.50. The first kappa shape index (κ1) is 18.6. The number of anilines is 1. The molecule has 3 aromatic rings. The second kappa shape index (κ2) is 7.23. The van der Waals surface area contributed by atoms with Crippen molar-refractivity contribution in [1.29, 1.82) is 0 Å². The fraction of sp³-hybridized carbons (Fsp3) is 0.421. The van der Waals surface area contributed by atoms with Crippen LogP contribution in [0.5, 0.6) is 0 Å². The molecule has 0 saturated carbocycles. The quantitative estimate of drug-likeness (QED) is 0.681. The van der Waals surface area contributed by atoms with E-state index in [0.29, 0.717) is 30.3 Å². The number of hydrogen-bond acceptors (Lipinski definition) is 4. The van der Waals surface area contributed by atoms with Crippen LogP contribution in [0.3, 0.4) is 0 Å². The summed E-state index contributed by atoms with van der Waals surface area (Å²) in [5, 5.41) is 1.02. The van der Waals surface area contributed by atoms with Crippen LogP contribution in [-0.4, -0.2) is 31.9 Å². The van der Waals surface area contributed by atoms with Gasteiger partial charge in [0.25, 0.3) is 0 Å². The third-order valence-corrected chi connectivity index (χ3v) is 4.95. The molecule has 1 amide bonds. The van der Waals surface area contributed by atoms with Crippen LogP contribution in [-0.2, 0) is 17.9 Å². The highest BCUT2D eigenvalue weighted by Gasteiger charge is 2.20. The number of halogens is 1. The number of nitrogens with zero attached hydrogens (tertiary/aromatic N) is 4. The maximum absolute atomic E-state index is 11.9. The molecule has 2 N–H and O–H groups in total. The Kier molecular flexibility index (Phi) is 5.18. The van der Waals surface area contributed by atoms with Gasteiger partial charge in [0.2, 0.25) is 5.91 Å². The molecule has 1 aromatic carbocycles. The van der Waals surface area contributed by atoms with Gasteiger partial charge in [-0.25, -0.2) is 9.97 Å². The van der Waals surface area contributed by atoms with Gasteiger partial charge < -0.3 is 15.2 Å². The molecule has 0 bridgehead atoms. The molecule has 0 saturated heterocycles. The first-order valence-corrected chi connectivity index (χ1v) is 9.60. The van der Waals surface area contributed by atoms with E-state index in [2.05, 4.69) is 39.3 Å². The van der Waals surface area contributed by atoms with Gasteiger partial charge in [0.1, 0.15) is 11.3 Å². The molecular weight excluding hydrogens is 394 g/mol. The van der Waals surface area contributed by atoms with Crippen LogP contribution in [0.1, 0.15) is 33.5 Å². The maximum Gasteiger partial charge on any atom is 0.219 e. The summed E-state index contributed by atoms with van der Waals surface area (Å²) in [7, 11) is 0. The summed E-state index contributed by atoms with van der Waals surface area (Å²) in [4.78, 5) is 23.0. The number of hydrogen-bond donors (Lipinski definition) is 1. The lowest BCUT2D eigenvalue weighted by Gasteiger charge is -2.20. The Morgan fingerprint density at radius 2 is 2.08 bits per heavy atom. The van der Waals surface area contributed by atoms with Gasteiger partial charge in [0, 0.05) is 29.9 Å². The second-order valence-electron chi connectivity index (χ2n) is 6.92. The van der Waals surface area contributed by atoms with Crippen molar-refractivity contribution in [2.75, 3.05) is 12.3 Å². The highest BCUT2D eigenvalue weighted by molar-refractivity contribution is 9.10. The molecule has 2 heterocycles. The van der Waals surface area contributed by atoms with Crippen molar-refractivity contribution in [3.63, 3.8) is 0 Å². The summed E-state index contributed by atoms with van der Waals surface area (Å²) < 4.78 is 3.15. The lowest BCUT2D eigenvalue weighted by atomic mass is 10.1. The normalized spacial score (nSPS) is 11.6. The van der Waals surface area contributed by atoms with Crippen molar-refractivity contribution in [2.24, 2.45) is 5.92 Å².